The predicted octanol–water partition coefficient (Wildman–Crippen LogP) is 4.60. The number of amides is 2. The Labute approximate surface area is 248 Å². The molecule has 7 rings (SSSR count). The van der Waals surface area contributed by atoms with Gasteiger partial charge in [0, 0.05) is 24.2 Å². The van der Waals surface area contributed by atoms with Crippen LogP contribution < -0.4 is 14.4 Å². The zero-order valence-corrected chi connectivity index (χ0v) is 24.0. The van der Waals surface area contributed by atoms with Crippen molar-refractivity contribution in [1.82, 2.24) is 14.7 Å². The molecule has 1 unspecified atom stereocenters. The van der Waals surface area contributed by atoms with E-state index >= 15 is 0 Å². The van der Waals surface area contributed by atoms with E-state index in [1.165, 1.54) is 11.8 Å². The fraction of sp³-hybridized carbons (Fsp3) is 0.281. The third-order valence-electron chi connectivity index (χ3n) is 7.77. The van der Waals surface area contributed by atoms with Crippen molar-refractivity contribution in [2.75, 3.05) is 50.3 Å². The van der Waals surface area contributed by atoms with Crippen LogP contribution in [0.3, 0.4) is 0 Å². The molecule has 2 amide bonds. The predicted molar refractivity (Wildman–Crippen MR) is 160 cm³/mol. The first-order valence-corrected chi connectivity index (χ1v) is 15.0. The molecule has 3 aromatic carbocycles. The first-order chi connectivity index (χ1) is 20.6. The Kier molecular flexibility index (Phi) is 7.09. The number of carbonyl (C=O) groups is 2. The lowest BCUT2D eigenvalue weighted by atomic mass is 9.99. The number of carbonyl (C=O) groups excluding carboxylic acids is 2. The van der Waals surface area contributed by atoms with Crippen LogP contribution in [0.2, 0.25) is 0 Å². The summed E-state index contributed by atoms with van der Waals surface area (Å²) >= 11 is 1.53. The number of morpholine rings is 1. The van der Waals surface area contributed by atoms with Crippen molar-refractivity contribution in [3.05, 3.63) is 89.5 Å². The van der Waals surface area contributed by atoms with Crippen LogP contribution in [0.5, 0.6) is 11.5 Å². The summed E-state index contributed by atoms with van der Waals surface area (Å²) in [4.78, 5) is 31.0. The molecule has 3 aliphatic rings. The molecule has 1 atom stereocenters. The van der Waals surface area contributed by atoms with Gasteiger partial charge in [0.1, 0.15) is 12.4 Å². The second-order valence-electron chi connectivity index (χ2n) is 10.5. The zero-order chi connectivity index (χ0) is 28.6. The highest BCUT2D eigenvalue weighted by Crippen LogP contribution is 2.50. The van der Waals surface area contributed by atoms with E-state index in [0.717, 1.165) is 33.6 Å². The van der Waals surface area contributed by atoms with Gasteiger partial charge in [0.2, 0.25) is 18.6 Å². The van der Waals surface area contributed by atoms with Crippen molar-refractivity contribution in [3.63, 3.8) is 0 Å². The highest BCUT2D eigenvalue weighted by molar-refractivity contribution is 8.00. The van der Waals surface area contributed by atoms with Crippen LogP contribution in [-0.4, -0.2) is 71.9 Å². The largest absolute Gasteiger partial charge is 0.454 e. The standard InChI is InChI=1S/C32H30N4O5S/c1-21-7-10-24(11-8-21)36-32-29(30(33-36)22-5-3-2-4-6-22)31(23-9-12-25-26(17-23)41-20-40-25)42-19-28(38)35(32)18-27(37)34-13-15-39-16-14-34/h2-12,17,31H,13-16,18-20H2,1H3. The molecule has 0 saturated carbocycles. The molecule has 9 nitrogen and oxygen atoms in total. The number of hydrogen-bond donors (Lipinski definition) is 0. The van der Waals surface area contributed by atoms with Crippen molar-refractivity contribution in [2.24, 2.45) is 0 Å². The molecule has 1 aromatic heterocycles. The SMILES string of the molecule is Cc1ccc(-n2nc(-c3ccccc3)c3c2N(CC(=O)N2CCOCC2)C(=O)CSC3c2ccc3c(c2)OCO3)cc1. The van der Waals surface area contributed by atoms with Crippen molar-refractivity contribution >= 4 is 29.4 Å². The molecule has 4 aromatic rings. The second kappa shape index (κ2) is 11.2. The van der Waals surface area contributed by atoms with E-state index in [1.54, 1.807) is 9.80 Å². The maximum atomic E-state index is 14.0. The zero-order valence-electron chi connectivity index (χ0n) is 23.2. The highest BCUT2D eigenvalue weighted by atomic mass is 32.2. The third kappa shape index (κ3) is 4.90. The Bertz CT molecular complexity index is 1630. The average Bonchev–Trinajstić information content (AvgIpc) is 3.63. The van der Waals surface area contributed by atoms with E-state index in [-0.39, 0.29) is 36.2 Å². The van der Waals surface area contributed by atoms with Gasteiger partial charge in [-0.3, -0.25) is 14.5 Å². The highest BCUT2D eigenvalue weighted by Gasteiger charge is 2.38. The molecule has 1 saturated heterocycles. The topological polar surface area (TPSA) is 86.1 Å². The minimum atomic E-state index is -0.253. The lowest BCUT2D eigenvalue weighted by Crippen LogP contribution is -2.48. The first-order valence-electron chi connectivity index (χ1n) is 14.0. The molecule has 4 heterocycles. The number of ether oxygens (including phenoxy) is 3. The van der Waals surface area contributed by atoms with Gasteiger partial charge in [-0.15, -0.1) is 11.8 Å². The van der Waals surface area contributed by atoms with Crippen LogP contribution in [0, 0.1) is 6.92 Å². The summed E-state index contributed by atoms with van der Waals surface area (Å²) in [6, 6.07) is 24.0. The number of thioether (sulfide) groups is 1. The third-order valence-corrected chi connectivity index (χ3v) is 9.03. The van der Waals surface area contributed by atoms with Gasteiger partial charge in [0.25, 0.3) is 0 Å². The van der Waals surface area contributed by atoms with E-state index in [9.17, 15) is 9.59 Å². The van der Waals surface area contributed by atoms with E-state index in [0.29, 0.717) is 43.6 Å². The number of hydrogen-bond acceptors (Lipinski definition) is 7. The molecular formula is C32H30N4O5S. The second-order valence-corrected chi connectivity index (χ2v) is 11.6. The van der Waals surface area contributed by atoms with E-state index in [1.807, 2.05) is 84.4 Å². The van der Waals surface area contributed by atoms with Crippen LogP contribution in [0.25, 0.3) is 16.9 Å². The summed E-state index contributed by atoms with van der Waals surface area (Å²) in [6.45, 7) is 4.14. The number of aryl methyl sites for hydroxylation is 1. The monoisotopic (exact) mass is 582 g/mol. The van der Waals surface area contributed by atoms with Gasteiger partial charge in [0.15, 0.2) is 11.5 Å². The number of benzene rings is 3. The van der Waals surface area contributed by atoms with Gasteiger partial charge >= 0.3 is 0 Å². The molecule has 0 spiro atoms. The molecule has 0 aliphatic carbocycles. The Morgan fingerprint density at radius 1 is 0.976 bits per heavy atom. The van der Waals surface area contributed by atoms with Gasteiger partial charge < -0.3 is 19.1 Å². The van der Waals surface area contributed by atoms with Crippen LogP contribution in [-0.2, 0) is 14.3 Å². The maximum Gasteiger partial charge on any atom is 0.242 e. The fourth-order valence-electron chi connectivity index (χ4n) is 5.58. The lowest BCUT2D eigenvalue weighted by Gasteiger charge is -2.30. The fourth-order valence-corrected chi connectivity index (χ4v) is 6.77. The molecule has 1 fully saturated rings. The van der Waals surface area contributed by atoms with Crippen molar-refractivity contribution < 1.29 is 23.8 Å². The number of rotatable bonds is 5. The molecule has 10 heteroatoms. The molecule has 0 bridgehead atoms. The van der Waals surface area contributed by atoms with E-state index in [2.05, 4.69) is 0 Å². The molecule has 42 heavy (non-hydrogen) atoms. The van der Waals surface area contributed by atoms with Gasteiger partial charge in [-0.1, -0.05) is 54.1 Å². The Balaban J connectivity index is 1.44. The van der Waals surface area contributed by atoms with Crippen LogP contribution >= 0.6 is 11.8 Å². The van der Waals surface area contributed by atoms with Crippen LogP contribution in [0.4, 0.5) is 5.82 Å². The van der Waals surface area contributed by atoms with Crippen LogP contribution in [0.1, 0.15) is 21.9 Å². The van der Waals surface area contributed by atoms with Crippen molar-refractivity contribution in [2.45, 2.75) is 12.2 Å². The smallest absolute Gasteiger partial charge is 0.242 e. The Morgan fingerprint density at radius 2 is 1.74 bits per heavy atom. The number of nitrogens with zero attached hydrogens (tertiary/aromatic N) is 4. The first kappa shape index (κ1) is 26.6. The Morgan fingerprint density at radius 3 is 2.52 bits per heavy atom. The molecule has 3 aliphatic heterocycles. The van der Waals surface area contributed by atoms with Crippen molar-refractivity contribution in [1.29, 1.82) is 0 Å². The quantitative estimate of drug-likeness (QED) is 0.340. The minimum Gasteiger partial charge on any atom is -0.454 e. The summed E-state index contributed by atoms with van der Waals surface area (Å²) in [6.07, 6.45) is 0. The number of aromatic nitrogens is 2. The number of anilines is 1. The molecule has 214 valence electrons. The van der Waals surface area contributed by atoms with Crippen LogP contribution in [0.15, 0.2) is 72.8 Å². The summed E-state index contributed by atoms with van der Waals surface area (Å²) in [5.74, 6) is 1.94. The van der Waals surface area contributed by atoms with Crippen molar-refractivity contribution in [3.8, 4) is 28.4 Å². The summed E-state index contributed by atoms with van der Waals surface area (Å²) in [5.41, 5.74) is 5.47. The van der Waals surface area contributed by atoms with E-state index in [4.69, 9.17) is 19.3 Å². The average molecular weight is 583 g/mol. The summed E-state index contributed by atoms with van der Waals surface area (Å²) in [7, 11) is 0. The van der Waals surface area contributed by atoms with E-state index < -0.39 is 0 Å². The maximum absolute atomic E-state index is 14.0. The van der Waals surface area contributed by atoms with Gasteiger partial charge in [-0.2, -0.15) is 5.10 Å². The number of fused-ring (bicyclic) bond motifs is 2. The van der Waals surface area contributed by atoms with Gasteiger partial charge in [-0.25, -0.2) is 4.68 Å². The minimum absolute atomic E-state index is 0.0773. The lowest BCUT2D eigenvalue weighted by molar-refractivity contribution is -0.134. The van der Waals surface area contributed by atoms with Gasteiger partial charge in [0.05, 0.1) is 35.6 Å². The summed E-state index contributed by atoms with van der Waals surface area (Å²) in [5, 5.41) is 4.91. The Hall–Kier alpha value is -4.28. The molecule has 0 N–H and O–H groups in total. The van der Waals surface area contributed by atoms with Gasteiger partial charge in [-0.05, 0) is 36.8 Å². The molecular weight excluding hydrogens is 552 g/mol. The summed E-state index contributed by atoms with van der Waals surface area (Å²) < 4.78 is 18.6. The normalized spacial score (nSPS) is 18.1. The molecule has 0 radical (unpaired) electrons.